The van der Waals surface area contributed by atoms with Crippen LogP contribution >= 0.6 is 23.1 Å². The van der Waals surface area contributed by atoms with Crippen LogP contribution in [0.4, 0.5) is 0 Å². The molecule has 1 aliphatic rings. The summed E-state index contributed by atoms with van der Waals surface area (Å²) >= 11 is 2.67. The molecule has 1 atom stereocenters. The Morgan fingerprint density at radius 3 is 2.31 bits per heavy atom. The standard InChI is InChI=1S/C23H17N3OS2/c1-2-19-25-26-23(29-19)20-21(27)18(28-22(20)24)12-17-15-9-5-3-7-13(15)11-14-8-4-6-10-16(14)17/h3-12,20,24H,2H2,1H3/b18-12-,24-22?/t20-/m0/s1. The Hall–Kier alpha value is -2.83. The zero-order valence-corrected chi connectivity index (χ0v) is 17.3. The highest BCUT2D eigenvalue weighted by atomic mass is 32.2. The lowest BCUT2D eigenvalue weighted by Crippen LogP contribution is -2.11. The Labute approximate surface area is 176 Å². The second-order valence-corrected chi connectivity index (χ2v) is 9.07. The van der Waals surface area contributed by atoms with E-state index in [1.54, 1.807) is 0 Å². The molecule has 0 unspecified atom stereocenters. The number of benzene rings is 3. The molecule has 0 radical (unpaired) electrons. The molecule has 1 fully saturated rings. The van der Waals surface area contributed by atoms with Crippen LogP contribution in [0.1, 0.15) is 28.4 Å². The number of carbonyl (C=O) groups is 1. The normalized spacial score (nSPS) is 18.4. The van der Waals surface area contributed by atoms with Crippen LogP contribution in [0.2, 0.25) is 0 Å². The summed E-state index contributed by atoms with van der Waals surface area (Å²) in [5.74, 6) is -0.680. The van der Waals surface area contributed by atoms with Gasteiger partial charge in [0.05, 0.1) is 9.95 Å². The fraction of sp³-hybridized carbons (Fsp3) is 0.130. The lowest BCUT2D eigenvalue weighted by Gasteiger charge is -2.09. The molecule has 4 nitrogen and oxygen atoms in total. The number of rotatable bonds is 3. The molecule has 0 spiro atoms. The summed E-state index contributed by atoms with van der Waals surface area (Å²) in [5, 5.41) is 23.0. The predicted molar refractivity (Wildman–Crippen MR) is 122 cm³/mol. The molecule has 29 heavy (non-hydrogen) atoms. The molecule has 0 amide bonds. The first-order valence-electron chi connectivity index (χ1n) is 9.40. The van der Waals surface area contributed by atoms with Gasteiger partial charge in [-0.05, 0) is 45.7 Å². The maximum Gasteiger partial charge on any atom is 0.186 e. The van der Waals surface area contributed by atoms with Crippen LogP contribution in [0, 0.1) is 5.41 Å². The van der Waals surface area contributed by atoms with Crippen LogP contribution in [-0.4, -0.2) is 21.0 Å². The molecule has 0 aliphatic carbocycles. The van der Waals surface area contributed by atoms with Gasteiger partial charge in [-0.1, -0.05) is 67.2 Å². The lowest BCUT2D eigenvalue weighted by atomic mass is 9.95. The van der Waals surface area contributed by atoms with Gasteiger partial charge >= 0.3 is 0 Å². The van der Waals surface area contributed by atoms with Crippen LogP contribution in [0.3, 0.4) is 0 Å². The monoisotopic (exact) mass is 415 g/mol. The van der Waals surface area contributed by atoms with E-state index in [0.29, 0.717) is 15.0 Å². The molecule has 1 saturated heterocycles. The Morgan fingerprint density at radius 1 is 1.03 bits per heavy atom. The first kappa shape index (κ1) is 18.2. The molecule has 5 rings (SSSR count). The fourth-order valence-corrected chi connectivity index (χ4v) is 5.61. The SMILES string of the molecule is CCc1nnc([C@@H]2C(=N)S/C(=C\c3c4ccccc4cc4ccccc34)C2=O)s1. The van der Waals surface area contributed by atoms with E-state index in [0.717, 1.165) is 38.5 Å². The summed E-state index contributed by atoms with van der Waals surface area (Å²) in [6, 6.07) is 18.6. The third-order valence-electron chi connectivity index (χ3n) is 5.11. The number of hydrogen-bond donors (Lipinski definition) is 1. The highest BCUT2D eigenvalue weighted by Gasteiger charge is 2.39. The average molecular weight is 416 g/mol. The maximum atomic E-state index is 13.2. The number of aryl methyl sites for hydroxylation is 1. The van der Waals surface area contributed by atoms with Crippen molar-refractivity contribution in [2.75, 3.05) is 0 Å². The van der Waals surface area contributed by atoms with Gasteiger partial charge in [-0.25, -0.2) is 0 Å². The summed E-state index contributed by atoms with van der Waals surface area (Å²) in [5.41, 5.74) is 1.02. The number of allylic oxidation sites excluding steroid dienone is 1. The number of aromatic nitrogens is 2. The smallest absolute Gasteiger partial charge is 0.186 e. The van der Waals surface area contributed by atoms with Gasteiger partial charge in [-0.15, -0.1) is 21.5 Å². The summed E-state index contributed by atoms with van der Waals surface area (Å²) < 4.78 is 0. The topological polar surface area (TPSA) is 66.7 Å². The second-order valence-electron chi connectivity index (χ2n) is 6.89. The van der Waals surface area contributed by atoms with E-state index in [2.05, 4.69) is 40.5 Å². The van der Waals surface area contributed by atoms with Gasteiger partial charge in [0.15, 0.2) is 5.78 Å². The molecule has 1 N–H and O–H groups in total. The van der Waals surface area contributed by atoms with Crippen molar-refractivity contribution in [2.24, 2.45) is 0 Å². The predicted octanol–water partition coefficient (Wildman–Crippen LogP) is 5.82. The quantitative estimate of drug-likeness (QED) is 0.338. The second kappa shape index (κ2) is 7.21. The number of nitrogens with zero attached hydrogens (tertiary/aromatic N) is 2. The van der Waals surface area contributed by atoms with Crippen molar-refractivity contribution in [3.8, 4) is 0 Å². The van der Waals surface area contributed by atoms with Crippen molar-refractivity contribution in [2.45, 2.75) is 19.3 Å². The zero-order chi connectivity index (χ0) is 20.0. The van der Waals surface area contributed by atoms with Gasteiger partial charge in [0, 0.05) is 0 Å². The number of hydrogen-bond acceptors (Lipinski definition) is 6. The van der Waals surface area contributed by atoms with Crippen LogP contribution in [0.15, 0.2) is 59.5 Å². The number of ketones is 1. The lowest BCUT2D eigenvalue weighted by molar-refractivity contribution is -0.114. The number of carbonyl (C=O) groups excluding carboxylic acids is 1. The molecule has 2 heterocycles. The highest BCUT2D eigenvalue weighted by Crippen LogP contribution is 2.42. The Bertz CT molecular complexity index is 1270. The van der Waals surface area contributed by atoms with Gasteiger partial charge < -0.3 is 0 Å². The van der Waals surface area contributed by atoms with Crippen LogP contribution in [0.25, 0.3) is 27.6 Å². The maximum absolute atomic E-state index is 13.2. The number of fused-ring (bicyclic) bond motifs is 2. The summed E-state index contributed by atoms with van der Waals surface area (Å²) in [7, 11) is 0. The van der Waals surface area contributed by atoms with Crippen LogP contribution < -0.4 is 0 Å². The van der Waals surface area contributed by atoms with Gasteiger partial charge in [0.1, 0.15) is 15.9 Å². The molecule has 0 bridgehead atoms. The van der Waals surface area contributed by atoms with E-state index < -0.39 is 5.92 Å². The molecule has 0 saturated carbocycles. The van der Waals surface area contributed by atoms with Crippen LogP contribution in [0.5, 0.6) is 0 Å². The fourth-order valence-electron chi connectivity index (χ4n) is 3.68. The van der Waals surface area contributed by atoms with E-state index >= 15 is 0 Å². The van der Waals surface area contributed by atoms with Crippen molar-refractivity contribution in [3.05, 3.63) is 75.1 Å². The largest absolute Gasteiger partial charge is 0.297 e. The van der Waals surface area contributed by atoms with Gasteiger partial charge in [-0.3, -0.25) is 10.2 Å². The molecule has 1 aliphatic heterocycles. The minimum Gasteiger partial charge on any atom is -0.297 e. The number of nitrogens with one attached hydrogen (secondary N) is 1. The first-order valence-corrected chi connectivity index (χ1v) is 11.0. The Balaban J connectivity index is 1.66. The van der Waals surface area contributed by atoms with E-state index in [-0.39, 0.29) is 5.78 Å². The molecule has 1 aromatic heterocycles. The van der Waals surface area contributed by atoms with Crippen molar-refractivity contribution < 1.29 is 4.79 Å². The Kier molecular flexibility index (Phi) is 4.53. The number of Topliss-reactive ketones (excluding diaryl/α,β-unsaturated/α-hetero) is 1. The van der Waals surface area contributed by atoms with Gasteiger partial charge in [0.25, 0.3) is 0 Å². The summed E-state index contributed by atoms with van der Waals surface area (Å²) in [6.45, 7) is 2.01. The summed E-state index contributed by atoms with van der Waals surface area (Å²) in [6.07, 6.45) is 2.73. The zero-order valence-electron chi connectivity index (χ0n) is 15.7. The molecule has 142 valence electrons. The first-order chi connectivity index (χ1) is 14.2. The Morgan fingerprint density at radius 2 is 1.69 bits per heavy atom. The van der Waals surface area contributed by atoms with E-state index in [1.165, 1.54) is 23.1 Å². The van der Waals surface area contributed by atoms with Crippen molar-refractivity contribution in [3.63, 3.8) is 0 Å². The van der Waals surface area contributed by atoms with E-state index in [9.17, 15) is 4.79 Å². The highest BCUT2D eigenvalue weighted by molar-refractivity contribution is 8.19. The van der Waals surface area contributed by atoms with E-state index in [4.69, 9.17) is 5.41 Å². The third kappa shape index (κ3) is 3.09. The molecule has 6 heteroatoms. The average Bonchev–Trinajstić information content (AvgIpc) is 3.31. The van der Waals surface area contributed by atoms with Crippen LogP contribution in [-0.2, 0) is 11.2 Å². The van der Waals surface area contributed by atoms with Crippen molar-refractivity contribution in [1.29, 1.82) is 5.41 Å². The van der Waals surface area contributed by atoms with Gasteiger partial charge in [0.2, 0.25) is 0 Å². The number of thioether (sulfide) groups is 1. The minimum absolute atomic E-state index is 0.0594. The van der Waals surface area contributed by atoms with E-state index in [1.807, 2.05) is 37.3 Å². The van der Waals surface area contributed by atoms with Crippen molar-refractivity contribution in [1.82, 2.24) is 10.2 Å². The molecule has 4 aromatic rings. The molecular weight excluding hydrogens is 398 g/mol. The van der Waals surface area contributed by atoms with Crippen molar-refractivity contribution >= 4 is 61.5 Å². The van der Waals surface area contributed by atoms with Gasteiger partial charge in [-0.2, -0.15) is 0 Å². The molecular formula is C23H17N3OS2. The molecule has 3 aromatic carbocycles. The minimum atomic E-state index is -0.620. The summed E-state index contributed by atoms with van der Waals surface area (Å²) in [4.78, 5) is 13.8. The third-order valence-corrected chi connectivity index (χ3v) is 7.23.